The summed E-state index contributed by atoms with van der Waals surface area (Å²) in [6, 6.07) is 20.6. The van der Waals surface area contributed by atoms with E-state index in [-0.39, 0.29) is 24.3 Å². The monoisotopic (exact) mass is 321 g/mol. The van der Waals surface area contributed by atoms with Crippen LogP contribution in [0.4, 0.5) is 0 Å². The third kappa shape index (κ3) is 3.49. The molecule has 1 amide bonds. The highest BCUT2D eigenvalue weighted by atomic mass is 16.5. The lowest BCUT2D eigenvalue weighted by atomic mass is 10.00. The van der Waals surface area contributed by atoms with Gasteiger partial charge in [-0.05, 0) is 35.4 Å². The second-order valence-corrected chi connectivity index (χ2v) is 5.61. The van der Waals surface area contributed by atoms with Crippen molar-refractivity contribution in [2.75, 3.05) is 6.61 Å². The minimum absolute atomic E-state index is 0.0207. The number of amides is 1. The molecule has 0 aliphatic heterocycles. The van der Waals surface area contributed by atoms with Crippen molar-refractivity contribution in [3.8, 4) is 11.5 Å². The van der Waals surface area contributed by atoms with Crippen LogP contribution in [-0.4, -0.2) is 17.6 Å². The highest BCUT2D eigenvalue weighted by Gasteiger charge is 2.13. The van der Waals surface area contributed by atoms with Crippen LogP contribution in [0, 0.1) is 0 Å². The van der Waals surface area contributed by atoms with Crippen molar-refractivity contribution in [3.63, 3.8) is 0 Å². The molecule has 0 saturated heterocycles. The van der Waals surface area contributed by atoms with Crippen LogP contribution in [0.5, 0.6) is 11.5 Å². The van der Waals surface area contributed by atoms with E-state index in [4.69, 9.17) is 4.74 Å². The number of carbonyl (C=O) groups is 1. The first-order chi connectivity index (χ1) is 11.6. The molecule has 0 radical (unpaired) electrons. The van der Waals surface area contributed by atoms with E-state index in [2.05, 4.69) is 17.4 Å². The van der Waals surface area contributed by atoms with Gasteiger partial charge in [-0.1, -0.05) is 54.6 Å². The van der Waals surface area contributed by atoms with Gasteiger partial charge in [-0.3, -0.25) is 4.79 Å². The highest BCUT2D eigenvalue weighted by molar-refractivity contribution is 5.87. The number of carbonyl (C=O) groups excluding carboxylic acids is 1. The van der Waals surface area contributed by atoms with E-state index in [0.29, 0.717) is 5.75 Å². The number of ether oxygens (including phenoxy) is 1. The molecule has 3 rings (SSSR count). The van der Waals surface area contributed by atoms with E-state index >= 15 is 0 Å². The molecule has 0 aliphatic rings. The molecular formula is C20H19NO3. The van der Waals surface area contributed by atoms with E-state index in [1.165, 1.54) is 6.07 Å². The Morgan fingerprint density at radius 3 is 2.58 bits per heavy atom. The molecule has 0 aromatic heterocycles. The van der Waals surface area contributed by atoms with Crippen molar-refractivity contribution < 1.29 is 14.6 Å². The van der Waals surface area contributed by atoms with Gasteiger partial charge < -0.3 is 15.2 Å². The summed E-state index contributed by atoms with van der Waals surface area (Å²) in [6.45, 7) is 1.80. The van der Waals surface area contributed by atoms with Crippen LogP contribution in [0.3, 0.4) is 0 Å². The molecule has 4 nitrogen and oxygen atoms in total. The summed E-state index contributed by atoms with van der Waals surface area (Å²) in [5, 5.41) is 14.8. The molecular weight excluding hydrogens is 302 g/mol. The summed E-state index contributed by atoms with van der Waals surface area (Å²) in [5.41, 5.74) is 1.06. The molecule has 3 aromatic carbocycles. The fourth-order valence-corrected chi connectivity index (χ4v) is 2.71. The number of phenolic OH excluding ortho intramolecular Hbond substituents is 1. The predicted molar refractivity (Wildman–Crippen MR) is 94.1 cm³/mol. The molecule has 0 bridgehead atoms. The van der Waals surface area contributed by atoms with Crippen LogP contribution in [-0.2, 0) is 4.79 Å². The van der Waals surface area contributed by atoms with Gasteiger partial charge in [0.15, 0.2) is 18.1 Å². The molecule has 0 heterocycles. The predicted octanol–water partition coefficient (Wildman–Crippen LogP) is 3.80. The maximum Gasteiger partial charge on any atom is 0.258 e. The highest BCUT2D eigenvalue weighted by Crippen LogP contribution is 2.25. The Morgan fingerprint density at radius 2 is 1.75 bits per heavy atom. The first-order valence-electron chi connectivity index (χ1n) is 7.83. The van der Waals surface area contributed by atoms with Crippen LogP contribution in [0.15, 0.2) is 66.7 Å². The number of hydrogen-bond acceptors (Lipinski definition) is 3. The number of aromatic hydroxyl groups is 1. The lowest BCUT2D eigenvalue weighted by Gasteiger charge is -2.17. The Kier molecular flexibility index (Phi) is 4.66. The number of phenols is 1. The first-order valence-corrected chi connectivity index (χ1v) is 7.83. The van der Waals surface area contributed by atoms with Crippen LogP contribution in [0.2, 0.25) is 0 Å². The molecule has 0 fully saturated rings. The molecule has 24 heavy (non-hydrogen) atoms. The van der Waals surface area contributed by atoms with Crippen LogP contribution in [0.25, 0.3) is 10.8 Å². The van der Waals surface area contributed by atoms with Gasteiger partial charge >= 0.3 is 0 Å². The van der Waals surface area contributed by atoms with Crippen molar-refractivity contribution in [1.29, 1.82) is 0 Å². The second kappa shape index (κ2) is 7.04. The van der Waals surface area contributed by atoms with E-state index in [1.807, 2.05) is 37.3 Å². The summed E-state index contributed by atoms with van der Waals surface area (Å²) in [5.74, 6) is 0.0801. The number of nitrogens with one attached hydrogen (secondary N) is 1. The SMILES string of the molecule is CC(NC(=O)COc1ccccc1O)c1cccc2ccccc12. The zero-order valence-corrected chi connectivity index (χ0v) is 13.4. The molecule has 2 N–H and O–H groups in total. The molecule has 0 spiro atoms. The van der Waals surface area contributed by atoms with Crippen molar-refractivity contribution in [3.05, 3.63) is 72.3 Å². The van der Waals surface area contributed by atoms with Gasteiger partial charge in [0.25, 0.3) is 5.91 Å². The standard InChI is InChI=1S/C20H19NO3/c1-14(16-10-6-8-15-7-2-3-9-17(15)16)21-20(23)13-24-19-12-5-4-11-18(19)22/h2-12,14,22H,13H2,1H3,(H,21,23). The fourth-order valence-electron chi connectivity index (χ4n) is 2.71. The quantitative estimate of drug-likeness (QED) is 0.751. The van der Waals surface area contributed by atoms with Gasteiger partial charge in [0, 0.05) is 0 Å². The number of rotatable bonds is 5. The Hall–Kier alpha value is -3.01. The first kappa shape index (κ1) is 15.9. The maximum atomic E-state index is 12.1. The average Bonchev–Trinajstić information content (AvgIpc) is 2.60. The summed E-state index contributed by atoms with van der Waals surface area (Å²) in [4.78, 5) is 12.1. The molecule has 1 unspecified atom stereocenters. The van der Waals surface area contributed by atoms with E-state index in [0.717, 1.165) is 16.3 Å². The molecule has 0 aliphatic carbocycles. The van der Waals surface area contributed by atoms with E-state index in [9.17, 15) is 9.90 Å². The minimum atomic E-state index is -0.237. The zero-order chi connectivity index (χ0) is 16.9. The van der Waals surface area contributed by atoms with Crippen molar-refractivity contribution in [2.24, 2.45) is 0 Å². The maximum absolute atomic E-state index is 12.1. The number of fused-ring (bicyclic) bond motifs is 1. The number of benzene rings is 3. The van der Waals surface area contributed by atoms with Crippen LogP contribution >= 0.6 is 0 Å². The summed E-state index contributed by atoms with van der Waals surface area (Å²) < 4.78 is 5.36. The van der Waals surface area contributed by atoms with Crippen LogP contribution < -0.4 is 10.1 Å². The van der Waals surface area contributed by atoms with Gasteiger partial charge in [0.2, 0.25) is 0 Å². The lowest BCUT2D eigenvalue weighted by Crippen LogP contribution is -2.31. The van der Waals surface area contributed by atoms with Gasteiger partial charge in [0.1, 0.15) is 0 Å². The van der Waals surface area contributed by atoms with Crippen LogP contribution in [0.1, 0.15) is 18.5 Å². The average molecular weight is 321 g/mol. The third-order valence-electron chi connectivity index (χ3n) is 3.89. The smallest absolute Gasteiger partial charge is 0.258 e. The Morgan fingerprint density at radius 1 is 1.04 bits per heavy atom. The molecule has 1 atom stereocenters. The normalized spacial score (nSPS) is 11.9. The second-order valence-electron chi connectivity index (χ2n) is 5.61. The largest absolute Gasteiger partial charge is 0.504 e. The van der Waals surface area contributed by atoms with E-state index in [1.54, 1.807) is 18.2 Å². The topological polar surface area (TPSA) is 58.6 Å². The van der Waals surface area contributed by atoms with Gasteiger partial charge in [-0.15, -0.1) is 0 Å². The molecule has 3 aromatic rings. The van der Waals surface area contributed by atoms with Gasteiger partial charge in [-0.25, -0.2) is 0 Å². The Balaban J connectivity index is 1.67. The number of hydrogen-bond donors (Lipinski definition) is 2. The van der Waals surface area contributed by atoms with Crippen molar-refractivity contribution in [1.82, 2.24) is 5.32 Å². The Labute approximate surface area is 140 Å². The van der Waals surface area contributed by atoms with E-state index < -0.39 is 0 Å². The van der Waals surface area contributed by atoms with Crippen molar-refractivity contribution >= 4 is 16.7 Å². The molecule has 122 valence electrons. The number of para-hydroxylation sites is 2. The van der Waals surface area contributed by atoms with Gasteiger partial charge in [0.05, 0.1) is 6.04 Å². The zero-order valence-electron chi connectivity index (χ0n) is 13.4. The fraction of sp³-hybridized carbons (Fsp3) is 0.150. The Bertz CT molecular complexity index is 855. The summed E-state index contributed by atoms with van der Waals surface area (Å²) >= 11 is 0. The summed E-state index contributed by atoms with van der Waals surface area (Å²) in [7, 11) is 0. The third-order valence-corrected chi connectivity index (χ3v) is 3.89. The minimum Gasteiger partial charge on any atom is -0.504 e. The lowest BCUT2D eigenvalue weighted by molar-refractivity contribution is -0.123. The van der Waals surface area contributed by atoms with Gasteiger partial charge in [-0.2, -0.15) is 0 Å². The summed E-state index contributed by atoms with van der Waals surface area (Å²) in [6.07, 6.45) is 0. The molecule has 0 saturated carbocycles. The van der Waals surface area contributed by atoms with Crippen molar-refractivity contribution in [2.45, 2.75) is 13.0 Å². The molecule has 4 heteroatoms.